The molecule has 0 atom stereocenters. The maximum Gasteiger partial charge on any atom is 0.402 e. The van der Waals surface area contributed by atoms with Gasteiger partial charge in [0.05, 0.1) is 0 Å². The second-order valence-corrected chi connectivity index (χ2v) is 5.62. The van der Waals surface area contributed by atoms with Crippen LogP contribution in [0.2, 0.25) is 0 Å². The van der Waals surface area contributed by atoms with Crippen molar-refractivity contribution in [3.05, 3.63) is 0 Å². The van der Waals surface area contributed by atoms with E-state index in [1.165, 1.54) is 38.5 Å². The van der Waals surface area contributed by atoms with Crippen LogP contribution in [-0.4, -0.2) is 27.7 Å². The summed E-state index contributed by atoms with van der Waals surface area (Å²) in [6.45, 7) is 0. The highest BCUT2D eigenvalue weighted by Crippen LogP contribution is 2.54. The predicted molar refractivity (Wildman–Crippen MR) is 71.8 cm³/mol. The van der Waals surface area contributed by atoms with Gasteiger partial charge < -0.3 is 27.5 Å². The summed E-state index contributed by atoms with van der Waals surface area (Å²) in [5.74, 6) is 3.06. The van der Waals surface area contributed by atoms with E-state index in [1.54, 1.807) is 0 Å². The summed E-state index contributed by atoms with van der Waals surface area (Å²) in [5, 5.41) is 7.19. The summed E-state index contributed by atoms with van der Waals surface area (Å²) in [6, 6.07) is 0. The average Bonchev–Trinajstić information content (AvgIpc) is 1.96. The van der Waals surface area contributed by atoms with E-state index >= 15 is 0 Å². The number of primary amides is 1. The Bertz CT molecular complexity index is 236. The van der Waals surface area contributed by atoms with Gasteiger partial charge >= 0.3 is 6.09 Å². The van der Waals surface area contributed by atoms with E-state index in [0.29, 0.717) is 5.54 Å². The highest BCUT2D eigenvalue weighted by Gasteiger charge is 2.48. The third-order valence-corrected chi connectivity index (χ3v) is 4.09. The topological polar surface area (TPSA) is 152 Å². The van der Waals surface area contributed by atoms with Crippen LogP contribution in [0.5, 0.6) is 0 Å². The van der Waals surface area contributed by atoms with Crippen LogP contribution >= 0.6 is 12.4 Å². The maximum absolute atomic E-state index is 8.78. The van der Waals surface area contributed by atoms with Crippen molar-refractivity contribution in [1.82, 2.24) is 0 Å². The SMILES string of the molecule is Cl.NC(=O)O.NC12CC3CC(CC(C3)C1)C2.O.O. The normalized spacial score (nSPS) is 38.2. The molecule has 0 aromatic carbocycles. The molecule has 0 saturated heterocycles. The largest absolute Gasteiger partial charge is 0.465 e. The van der Waals surface area contributed by atoms with Crippen molar-refractivity contribution < 1.29 is 20.9 Å². The lowest BCUT2D eigenvalue weighted by atomic mass is 9.53. The molecule has 110 valence electrons. The van der Waals surface area contributed by atoms with Crippen molar-refractivity contribution in [2.45, 2.75) is 44.1 Å². The van der Waals surface area contributed by atoms with Crippen molar-refractivity contribution in [1.29, 1.82) is 0 Å². The number of carbonyl (C=O) groups is 1. The van der Waals surface area contributed by atoms with Gasteiger partial charge in [-0.1, -0.05) is 0 Å². The molecular weight excluding hydrogens is 260 g/mol. The maximum atomic E-state index is 8.78. The van der Waals surface area contributed by atoms with E-state index in [1.807, 2.05) is 0 Å². The first kappa shape index (κ1) is 19.8. The van der Waals surface area contributed by atoms with Crippen molar-refractivity contribution in [3.63, 3.8) is 0 Å². The number of carboxylic acid groups (broad SMARTS) is 1. The Hall–Kier alpha value is -0.560. The van der Waals surface area contributed by atoms with Crippen LogP contribution in [0, 0.1) is 17.8 Å². The summed E-state index contributed by atoms with van der Waals surface area (Å²) >= 11 is 0. The lowest BCUT2D eigenvalue weighted by Crippen LogP contribution is -2.55. The van der Waals surface area contributed by atoms with Crippen molar-refractivity contribution >= 4 is 18.5 Å². The van der Waals surface area contributed by atoms with Gasteiger partial charge in [-0.15, -0.1) is 12.4 Å². The number of nitrogens with two attached hydrogens (primary N) is 2. The minimum atomic E-state index is -1.33. The summed E-state index contributed by atoms with van der Waals surface area (Å²) in [5.41, 5.74) is 10.6. The van der Waals surface area contributed by atoms with E-state index in [4.69, 9.17) is 15.6 Å². The van der Waals surface area contributed by atoms with Gasteiger partial charge in [-0.05, 0) is 56.3 Å². The van der Waals surface area contributed by atoms with Crippen LogP contribution in [-0.2, 0) is 0 Å². The van der Waals surface area contributed by atoms with E-state index in [2.05, 4.69) is 5.73 Å². The number of rotatable bonds is 0. The van der Waals surface area contributed by atoms with Crippen LogP contribution < -0.4 is 11.5 Å². The van der Waals surface area contributed by atoms with Gasteiger partial charge in [0.25, 0.3) is 0 Å². The molecule has 4 fully saturated rings. The molecule has 4 bridgehead atoms. The monoisotopic (exact) mass is 284 g/mol. The number of hydrogen-bond donors (Lipinski definition) is 3. The fourth-order valence-corrected chi connectivity index (χ4v) is 4.18. The number of halogens is 1. The molecule has 6 nitrogen and oxygen atoms in total. The van der Waals surface area contributed by atoms with Gasteiger partial charge in [0.1, 0.15) is 0 Å². The van der Waals surface area contributed by atoms with Crippen molar-refractivity contribution in [2.24, 2.45) is 29.2 Å². The average molecular weight is 285 g/mol. The lowest BCUT2D eigenvalue weighted by molar-refractivity contribution is 0.000363. The number of amides is 1. The number of hydrogen-bond acceptors (Lipinski definition) is 2. The van der Waals surface area contributed by atoms with Gasteiger partial charge in [0.15, 0.2) is 0 Å². The smallest absolute Gasteiger partial charge is 0.402 e. The first-order chi connectivity index (χ1) is 6.97. The quantitative estimate of drug-likeness (QED) is 0.586. The molecule has 7 heteroatoms. The highest BCUT2D eigenvalue weighted by atomic mass is 35.5. The van der Waals surface area contributed by atoms with Gasteiger partial charge in [-0.25, -0.2) is 4.79 Å². The third kappa shape index (κ3) is 4.61. The van der Waals surface area contributed by atoms with Crippen LogP contribution in [0.1, 0.15) is 38.5 Å². The van der Waals surface area contributed by atoms with Crippen LogP contribution in [0.3, 0.4) is 0 Å². The summed E-state index contributed by atoms with van der Waals surface area (Å²) in [4.78, 5) is 8.78. The molecule has 0 aromatic rings. The third-order valence-electron chi connectivity index (χ3n) is 4.09. The van der Waals surface area contributed by atoms with Crippen molar-refractivity contribution in [3.8, 4) is 0 Å². The molecule has 1 amide bonds. The fraction of sp³-hybridized carbons (Fsp3) is 0.909. The zero-order valence-electron chi connectivity index (χ0n) is 10.4. The van der Waals surface area contributed by atoms with E-state index in [-0.39, 0.29) is 23.4 Å². The highest BCUT2D eigenvalue weighted by molar-refractivity contribution is 5.85. The van der Waals surface area contributed by atoms with Crippen LogP contribution in [0.25, 0.3) is 0 Å². The fourth-order valence-electron chi connectivity index (χ4n) is 4.18. The molecule has 0 aliphatic heterocycles. The van der Waals surface area contributed by atoms with E-state index in [9.17, 15) is 0 Å². The zero-order valence-corrected chi connectivity index (χ0v) is 11.2. The van der Waals surface area contributed by atoms with Gasteiger partial charge in [0, 0.05) is 5.54 Å². The first-order valence-corrected chi connectivity index (χ1v) is 5.74. The van der Waals surface area contributed by atoms with Crippen LogP contribution in [0.4, 0.5) is 4.79 Å². The molecule has 0 aromatic heterocycles. The summed E-state index contributed by atoms with van der Waals surface area (Å²) in [7, 11) is 0. The second-order valence-electron chi connectivity index (χ2n) is 5.62. The first-order valence-electron chi connectivity index (χ1n) is 5.74. The lowest BCUT2D eigenvalue weighted by Gasteiger charge is -2.55. The molecule has 0 spiro atoms. The Morgan fingerprint density at radius 2 is 1.22 bits per heavy atom. The van der Waals surface area contributed by atoms with E-state index < -0.39 is 6.09 Å². The molecule has 4 saturated carbocycles. The Balaban J connectivity index is 0. The predicted octanol–water partition coefficient (Wildman–Crippen LogP) is 0.309. The Labute approximate surface area is 113 Å². The molecule has 4 aliphatic rings. The molecule has 0 radical (unpaired) electrons. The van der Waals surface area contributed by atoms with Crippen LogP contribution in [0.15, 0.2) is 0 Å². The summed E-state index contributed by atoms with van der Waals surface area (Å²) < 4.78 is 0. The van der Waals surface area contributed by atoms with Gasteiger partial charge in [0.2, 0.25) is 0 Å². The second kappa shape index (κ2) is 7.13. The molecule has 0 unspecified atom stereocenters. The molecule has 9 N–H and O–H groups in total. The molecule has 18 heavy (non-hydrogen) atoms. The minimum Gasteiger partial charge on any atom is -0.465 e. The standard InChI is InChI=1S/C10H17N.CH3NO2.ClH.2H2O/c11-10-4-7-1-8(5-10)3-9(2-7)6-10;2-1(3)4;;;/h7-9H,1-6,11H2;2H2,(H,3,4);1H;2*1H2. The molecule has 4 rings (SSSR count). The summed E-state index contributed by atoms with van der Waals surface area (Å²) in [6.07, 6.45) is 7.24. The Morgan fingerprint density at radius 3 is 1.39 bits per heavy atom. The molecular formula is C11H25ClN2O4. The zero-order chi connectivity index (χ0) is 11.1. The van der Waals surface area contributed by atoms with E-state index in [0.717, 1.165) is 17.8 Å². The Morgan fingerprint density at radius 1 is 1.00 bits per heavy atom. The van der Waals surface area contributed by atoms with Gasteiger partial charge in [-0.3, -0.25) is 0 Å². The minimum absolute atomic E-state index is 0. The van der Waals surface area contributed by atoms with Gasteiger partial charge in [-0.2, -0.15) is 0 Å². The molecule has 4 aliphatic carbocycles. The van der Waals surface area contributed by atoms with Crippen molar-refractivity contribution in [2.75, 3.05) is 0 Å². The Kier molecular flexibility index (Phi) is 7.84. The molecule has 0 heterocycles.